The molecule has 0 saturated carbocycles. The number of hydrogen-bond acceptors (Lipinski definition) is 3. The summed E-state index contributed by atoms with van der Waals surface area (Å²) in [5.74, 6) is -0.0276. The van der Waals surface area contributed by atoms with Gasteiger partial charge < -0.3 is 15.4 Å². The Morgan fingerprint density at radius 1 is 1.35 bits per heavy atom. The van der Waals surface area contributed by atoms with E-state index < -0.39 is 12.7 Å². The minimum Gasteiger partial charge on any atom is -0.435 e. The van der Waals surface area contributed by atoms with Gasteiger partial charge in [-0.25, -0.2) is 0 Å². The van der Waals surface area contributed by atoms with Gasteiger partial charge in [0.05, 0.1) is 6.04 Å². The number of rotatable bonds is 7. The summed E-state index contributed by atoms with van der Waals surface area (Å²) in [7, 11) is 1.67. The Morgan fingerprint density at radius 3 is 2.45 bits per heavy atom. The van der Waals surface area contributed by atoms with E-state index in [4.69, 9.17) is 5.73 Å². The van der Waals surface area contributed by atoms with Crippen LogP contribution in [0.15, 0.2) is 24.3 Å². The van der Waals surface area contributed by atoms with Crippen LogP contribution < -0.4 is 10.5 Å². The van der Waals surface area contributed by atoms with Gasteiger partial charge in [0.15, 0.2) is 0 Å². The van der Waals surface area contributed by atoms with Crippen molar-refractivity contribution in [2.75, 3.05) is 7.05 Å². The zero-order chi connectivity index (χ0) is 15.1. The predicted octanol–water partition coefficient (Wildman–Crippen LogP) is 2.37. The molecule has 0 saturated heterocycles. The largest absolute Gasteiger partial charge is 0.435 e. The van der Waals surface area contributed by atoms with Crippen molar-refractivity contribution >= 4 is 5.91 Å². The number of amides is 1. The molecule has 1 rings (SSSR count). The van der Waals surface area contributed by atoms with Crippen LogP contribution >= 0.6 is 0 Å². The number of halogens is 2. The molecule has 0 radical (unpaired) electrons. The standard InChI is InChI=1S/C14H20F2N2O2/c1-3-4-12(17)13(19)18(2)9-10-5-7-11(8-6-10)20-14(15)16/h5-8,12,14H,3-4,9,17H2,1-2H3. The molecule has 0 spiro atoms. The van der Waals surface area contributed by atoms with Crippen LogP contribution in [0.2, 0.25) is 0 Å². The van der Waals surface area contributed by atoms with Crippen molar-refractivity contribution in [2.45, 2.75) is 39.0 Å². The summed E-state index contributed by atoms with van der Waals surface area (Å²) in [4.78, 5) is 13.5. The summed E-state index contributed by atoms with van der Waals surface area (Å²) in [5.41, 5.74) is 6.59. The second kappa shape index (κ2) is 7.79. The Labute approximate surface area is 117 Å². The Morgan fingerprint density at radius 2 is 1.95 bits per heavy atom. The molecule has 6 heteroatoms. The molecule has 4 nitrogen and oxygen atoms in total. The Kier molecular flexibility index (Phi) is 6.38. The molecule has 1 aromatic rings. The molecule has 0 aliphatic rings. The summed E-state index contributed by atoms with van der Waals surface area (Å²) in [6, 6.07) is 5.70. The lowest BCUT2D eigenvalue weighted by atomic mass is 10.1. The summed E-state index contributed by atoms with van der Waals surface area (Å²) < 4.78 is 28.3. The quantitative estimate of drug-likeness (QED) is 0.837. The Hall–Kier alpha value is -1.69. The van der Waals surface area contributed by atoms with E-state index in [0.29, 0.717) is 13.0 Å². The number of benzene rings is 1. The van der Waals surface area contributed by atoms with Gasteiger partial charge in [0, 0.05) is 13.6 Å². The molecular weight excluding hydrogens is 266 g/mol. The molecular formula is C14H20F2N2O2. The third-order valence-corrected chi connectivity index (χ3v) is 2.86. The topological polar surface area (TPSA) is 55.6 Å². The van der Waals surface area contributed by atoms with Gasteiger partial charge in [-0.1, -0.05) is 25.5 Å². The summed E-state index contributed by atoms with van der Waals surface area (Å²) in [6.07, 6.45) is 1.49. The van der Waals surface area contributed by atoms with Gasteiger partial charge in [-0.2, -0.15) is 8.78 Å². The first-order valence-corrected chi connectivity index (χ1v) is 6.48. The van der Waals surface area contributed by atoms with Gasteiger partial charge in [0.1, 0.15) is 5.75 Å². The predicted molar refractivity (Wildman–Crippen MR) is 72.4 cm³/mol. The van der Waals surface area contributed by atoms with Gasteiger partial charge in [-0.15, -0.1) is 0 Å². The number of ether oxygens (including phenoxy) is 1. The molecule has 0 aliphatic heterocycles. The van der Waals surface area contributed by atoms with E-state index in [0.717, 1.165) is 12.0 Å². The first-order valence-electron chi connectivity index (χ1n) is 6.48. The van der Waals surface area contributed by atoms with E-state index in [9.17, 15) is 13.6 Å². The van der Waals surface area contributed by atoms with Crippen molar-refractivity contribution in [1.29, 1.82) is 0 Å². The molecule has 0 heterocycles. The zero-order valence-electron chi connectivity index (χ0n) is 11.7. The van der Waals surface area contributed by atoms with Crippen LogP contribution in [0.1, 0.15) is 25.3 Å². The molecule has 1 aromatic carbocycles. The van der Waals surface area contributed by atoms with Crippen molar-refractivity contribution in [3.8, 4) is 5.75 Å². The van der Waals surface area contributed by atoms with Crippen molar-refractivity contribution in [2.24, 2.45) is 5.73 Å². The van der Waals surface area contributed by atoms with E-state index in [1.165, 1.54) is 17.0 Å². The fourth-order valence-corrected chi connectivity index (χ4v) is 1.85. The van der Waals surface area contributed by atoms with Crippen molar-refractivity contribution in [3.63, 3.8) is 0 Å². The van der Waals surface area contributed by atoms with Gasteiger partial charge in [0.2, 0.25) is 5.91 Å². The van der Waals surface area contributed by atoms with E-state index in [1.807, 2.05) is 6.92 Å². The lowest BCUT2D eigenvalue weighted by Crippen LogP contribution is -2.41. The molecule has 112 valence electrons. The van der Waals surface area contributed by atoms with E-state index in [2.05, 4.69) is 4.74 Å². The van der Waals surface area contributed by atoms with Gasteiger partial charge >= 0.3 is 6.61 Å². The molecule has 20 heavy (non-hydrogen) atoms. The minimum absolute atomic E-state index is 0.0976. The number of alkyl halides is 2. The smallest absolute Gasteiger partial charge is 0.387 e. The summed E-state index contributed by atoms with van der Waals surface area (Å²) in [5, 5.41) is 0. The van der Waals surface area contributed by atoms with Crippen LogP contribution in [0.5, 0.6) is 5.75 Å². The summed E-state index contributed by atoms with van der Waals surface area (Å²) in [6.45, 7) is -0.489. The lowest BCUT2D eigenvalue weighted by Gasteiger charge is -2.21. The van der Waals surface area contributed by atoms with E-state index in [1.54, 1.807) is 19.2 Å². The monoisotopic (exact) mass is 286 g/mol. The second-order valence-electron chi connectivity index (χ2n) is 4.61. The molecule has 1 unspecified atom stereocenters. The third kappa shape index (κ3) is 5.13. The fourth-order valence-electron chi connectivity index (χ4n) is 1.85. The fraction of sp³-hybridized carbons (Fsp3) is 0.500. The maximum atomic E-state index is 12.0. The number of hydrogen-bond donors (Lipinski definition) is 1. The number of nitrogens with zero attached hydrogens (tertiary/aromatic N) is 1. The molecule has 2 N–H and O–H groups in total. The Bertz CT molecular complexity index is 424. The van der Waals surface area contributed by atoms with Crippen molar-refractivity contribution < 1.29 is 18.3 Å². The zero-order valence-corrected chi connectivity index (χ0v) is 11.7. The first-order chi connectivity index (χ1) is 9.43. The van der Waals surface area contributed by atoms with Crippen molar-refractivity contribution in [3.05, 3.63) is 29.8 Å². The summed E-state index contributed by atoms with van der Waals surface area (Å²) >= 11 is 0. The lowest BCUT2D eigenvalue weighted by molar-refractivity contribution is -0.132. The third-order valence-electron chi connectivity index (χ3n) is 2.86. The highest BCUT2D eigenvalue weighted by Gasteiger charge is 2.17. The van der Waals surface area contributed by atoms with Crippen LogP contribution in [0, 0.1) is 0 Å². The molecule has 0 bridgehead atoms. The number of carbonyl (C=O) groups is 1. The van der Waals surface area contributed by atoms with Crippen LogP contribution in [0.25, 0.3) is 0 Å². The number of likely N-dealkylation sites (N-methyl/N-ethyl adjacent to an activating group) is 1. The van der Waals surface area contributed by atoms with Gasteiger partial charge in [-0.3, -0.25) is 4.79 Å². The highest BCUT2D eigenvalue weighted by atomic mass is 19.3. The van der Waals surface area contributed by atoms with Crippen LogP contribution in [-0.2, 0) is 11.3 Å². The molecule has 0 aliphatic carbocycles. The van der Waals surface area contributed by atoms with Crippen LogP contribution in [0.3, 0.4) is 0 Å². The van der Waals surface area contributed by atoms with Crippen LogP contribution in [-0.4, -0.2) is 30.5 Å². The van der Waals surface area contributed by atoms with Crippen LogP contribution in [0.4, 0.5) is 8.78 Å². The Balaban J connectivity index is 2.57. The molecule has 0 aromatic heterocycles. The normalized spacial score (nSPS) is 12.3. The minimum atomic E-state index is -2.84. The number of nitrogens with two attached hydrogens (primary N) is 1. The highest BCUT2D eigenvalue weighted by molar-refractivity contribution is 5.81. The highest BCUT2D eigenvalue weighted by Crippen LogP contribution is 2.16. The first kappa shape index (κ1) is 16.4. The van der Waals surface area contributed by atoms with E-state index in [-0.39, 0.29) is 11.7 Å². The van der Waals surface area contributed by atoms with Crippen molar-refractivity contribution in [1.82, 2.24) is 4.90 Å². The second-order valence-corrected chi connectivity index (χ2v) is 4.61. The van der Waals surface area contributed by atoms with Gasteiger partial charge in [0.25, 0.3) is 0 Å². The molecule has 0 fully saturated rings. The van der Waals surface area contributed by atoms with Gasteiger partial charge in [-0.05, 0) is 24.1 Å². The average Bonchev–Trinajstić information content (AvgIpc) is 2.39. The molecule has 1 atom stereocenters. The molecule has 1 amide bonds. The SMILES string of the molecule is CCCC(N)C(=O)N(C)Cc1ccc(OC(F)F)cc1. The maximum absolute atomic E-state index is 12.0. The number of carbonyl (C=O) groups excluding carboxylic acids is 1. The maximum Gasteiger partial charge on any atom is 0.387 e. The van der Waals surface area contributed by atoms with E-state index >= 15 is 0 Å². The average molecular weight is 286 g/mol.